The van der Waals surface area contributed by atoms with Crippen molar-refractivity contribution in [3.63, 3.8) is 0 Å². The van der Waals surface area contributed by atoms with Gasteiger partial charge in [0.15, 0.2) is 0 Å². The monoisotopic (exact) mass is 567 g/mol. The molecule has 0 aliphatic carbocycles. The first-order valence-electron chi connectivity index (χ1n) is 13.6. The van der Waals surface area contributed by atoms with Crippen LogP contribution in [0.25, 0.3) is 10.9 Å². The predicted octanol–water partition coefficient (Wildman–Crippen LogP) is 5.08. The van der Waals surface area contributed by atoms with E-state index in [9.17, 15) is 9.18 Å². The lowest BCUT2D eigenvalue weighted by molar-refractivity contribution is -0.112. The third kappa shape index (κ3) is 6.05. The van der Waals surface area contributed by atoms with Gasteiger partial charge in [-0.25, -0.2) is 14.4 Å². The smallest absolute Gasteiger partial charge is 0.248 e. The van der Waals surface area contributed by atoms with Crippen molar-refractivity contribution >= 4 is 45.6 Å². The third-order valence-electron chi connectivity index (χ3n) is 7.60. The Balaban J connectivity index is 1.23. The van der Waals surface area contributed by atoms with Gasteiger partial charge in [0, 0.05) is 48.5 Å². The molecule has 40 heavy (non-hydrogen) atoms. The van der Waals surface area contributed by atoms with Gasteiger partial charge >= 0.3 is 0 Å². The van der Waals surface area contributed by atoms with Gasteiger partial charge in [0.05, 0.1) is 35.5 Å². The summed E-state index contributed by atoms with van der Waals surface area (Å²) < 4.78 is 31.2. The highest BCUT2D eigenvalue weighted by molar-refractivity contribution is 6.31. The van der Waals surface area contributed by atoms with E-state index in [-0.39, 0.29) is 17.0 Å². The maximum Gasteiger partial charge on any atom is 0.248 e. The summed E-state index contributed by atoms with van der Waals surface area (Å²) >= 11 is 5.96. The van der Waals surface area contributed by atoms with Crippen LogP contribution in [0.5, 0.6) is 5.75 Å². The third-order valence-corrected chi connectivity index (χ3v) is 7.89. The van der Waals surface area contributed by atoms with E-state index in [1.54, 1.807) is 24.3 Å². The number of amides is 1. The fourth-order valence-electron chi connectivity index (χ4n) is 5.54. The van der Waals surface area contributed by atoms with E-state index in [2.05, 4.69) is 25.5 Å². The number of halogens is 2. The molecule has 2 aromatic carbocycles. The van der Waals surface area contributed by atoms with Crippen molar-refractivity contribution in [2.24, 2.45) is 0 Å². The Morgan fingerprint density at radius 2 is 2.02 bits per heavy atom. The largest absolute Gasteiger partial charge is 0.489 e. The van der Waals surface area contributed by atoms with E-state index in [4.69, 9.17) is 25.8 Å². The van der Waals surface area contributed by atoms with E-state index in [1.807, 2.05) is 6.08 Å². The number of carbonyl (C=O) groups excluding carboxylic acids is 1. The molecule has 3 saturated heterocycles. The van der Waals surface area contributed by atoms with Gasteiger partial charge in [-0.05, 0) is 49.9 Å². The lowest BCUT2D eigenvalue weighted by atomic mass is 10.1. The predicted molar refractivity (Wildman–Crippen MR) is 151 cm³/mol. The van der Waals surface area contributed by atoms with Crippen molar-refractivity contribution in [2.45, 2.75) is 43.9 Å². The summed E-state index contributed by atoms with van der Waals surface area (Å²) in [6.45, 7) is 3.30. The molecule has 6 rings (SSSR count). The molecule has 0 radical (unpaired) electrons. The quantitative estimate of drug-likeness (QED) is 0.345. The summed E-state index contributed by atoms with van der Waals surface area (Å²) in [5, 5.41) is 6.79. The molecule has 3 fully saturated rings. The Bertz CT molecular complexity index is 1400. The Hall–Kier alpha value is -3.31. The Morgan fingerprint density at radius 1 is 1.18 bits per heavy atom. The second kappa shape index (κ2) is 12.1. The number of aromatic nitrogens is 2. The minimum absolute atomic E-state index is 0.00185. The fraction of sp³-hybridized carbons (Fsp3) is 0.414. The Kier molecular flexibility index (Phi) is 8.10. The summed E-state index contributed by atoms with van der Waals surface area (Å²) in [4.78, 5) is 24.2. The number of carbonyl (C=O) groups is 1. The zero-order valence-corrected chi connectivity index (χ0v) is 22.7. The number of hydrogen-bond donors (Lipinski definition) is 2. The van der Waals surface area contributed by atoms with Crippen LogP contribution in [-0.2, 0) is 14.3 Å². The van der Waals surface area contributed by atoms with Crippen LogP contribution in [0.3, 0.4) is 0 Å². The van der Waals surface area contributed by atoms with E-state index in [0.717, 1.165) is 45.5 Å². The van der Waals surface area contributed by atoms with E-state index in [1.165, 1.54) is 18.5 Å². The topological polar surface area (TPSA) is 97.8 Å². The number of nitrogens with zero attached hydrogens (tertiary/aromatic N) is 3. The summed E-state index contributed by atoms with van der Waals surface area (Å²) in [6, 6.07) is 8.74. The van der Waals surface area contributed by atoms with Crippen LogP contribution in [0, 0.1) is 5.82 Å². The molecule has 1 amide bonds. The highest BCUT2D eigenvalue weighted by atomic mass is 35.5. The Morgan fingerprint density at radius 3 is 2.80 bits per heavy atom. The van der Waals surface area contributed by atoms with Crippen molar-refractivity contribution in [1.82, 2.24) is 14.9 Å². The number of ether oxygens (including phenoxy) is 3. The minimum atomic E-state index is -0.507. The second-order valence-electron chi connectivity index (χ2n) is 10.3. The summed E-state index contributed by atoms with van der Waals surface area (Å²) in [6.07, 6.45) is 9.09. The van der Waals surface area contributed by atoms with E-state index < -0.39 is 5.82 Å². The highest BCUT2D eigenvalue weighted by Crippen LogP contribution is 2.34. The molecule has 3 aliphatic rings. The normalized spacial score (nSPS) is 22.7. The van der Waals surface area contributed by atoms with Crippen LogP contribution in [0.1, 0.15) is 25.7 Å². The number of hydrogen-bond acceptors (Lipinski definition) is 8. The molecule has 2 N–H and O–H groups in total. The molecule has 1 aromatic heterocycles. The second-order valence-corrected chi connectivity index (χ2v) is 10.7. The SMILES string of the molecule is O=C(C=CCN1C2CCC1COC2)Nc1cc2c(Nc3ccc(F)c(Cl)c3)ncnc2cc1OC[C@@H]1CCCO1. The fourth-order valence-corrected chi connectivity index (χ4v) is 5.72. The molecule has 0 spiro atoms. The number of morpholine rings is 1. The number of benzene rings is 2. The van der Waals surface area contributed by atoms with Crippen molar-refractivity contribution in [3.8, 4) is 5.75 Å². The highest BCUT2D eigenvalue weighted by Gasteiger charge is 2.36. The van der Waals surface area contributed by atoms with Gasteiger partial charge < -0.3 is 24.8 Å². The first-order chi connectivity index (χ1) is 19.5. The molecule has 3 aliphatic heterocycles. The maximum absolute atomic E-state index is 13.7. The molecule has 11 heteroatoms. The van der Waals surface area contributed by atoms with Gasteiger partial charge in [-0.15, -0.1) is 0 Å². The lowest BCUT2D eigenvalue weighted by Crippen LogP contribution is -2.45. The van der Waals surface area contributed by atoms with Crippen molar-refractivity contribution < 1.29 is 23.4 Å². The van der Waals surface area contributed by atoms with Crippen LogP contribution in [0.15, 0.2) is 48.8 Å². The average molecular weight is 568 g/mol. The van der Waals surface area contributed by atoms with Crippen LogP contribution in [0.4, 0.5) is 21.6 Å². The van der Waals surface area contributed by atoms with Crippen LogP contribution in [0.2, 0.25) is 5.02 Å². The Labute approximate surface area is 236 Å². The molecule has 3 atom stereocenters. The standard InChI is InChI=1S/C29H31ClFN5O4/c30-23-11-18(5-8-24(23)31)34-29-22-12-26(27(13-25(22)32-17-33-29)40-16-21-3-2-10-39-21)35-28(37)4-1-9-36-19-6-7-20(36)15-38-14-19/h1,4-5,8,11-13,17,19-21H,2-3,6-7,9-10,14-16H2,(H,35,37)(H,32,33,34)/t19?,20?,21-/m0/s1. The number of rotatable bonds is 9. The molecular weight excluding hydrogens is 537 g/mol. The molecule has 4 heterocycles. The van der Waals surface area contributed by atoms with E-state index in [0.29, 0.717) is 59.1 Å². The van der Waals surface area contributed by atoms with Crippen molar-refractivity contribution in [2.75, 3.05) is 43.6 Å². The molecule has 210 valence electrons. The molecule has 2 unspecified atom stereocenters. The van der Waals surface area contributed by atoms with E-state index >= 15 is 0 Å². The molecule has 0 saturated carbocycles. The zero-order chi connectivity index (χ0) is 27.5. The summed E-state index contributed by atoms with van der Waals surface area (Å²) in [5.41, 5.74) is 1.67. The number of nitrogens with one attached hydrogen (secondary N) is 2. The molecule has 2 bridgehead atoms. The van der Waals surface area contributed by atoms with Gasteiger partial charge in [0.2, 0.25) is 5.91 Å². The van der Waals surface area contributed by atoms with Gasteiger partial charge in [-0.2, -0.15) is 0 Å². The van der Waals surface area contributed by atoms with Gasteiger partial charge in [-0.1, -0.05) is 17.7 Å². The van der Waals surface area contributed by atoms with Gasteiger partial charge in [0.1, 0.15) is 30.3 Å². The average Bonchev–Trinajstić information content (AvgIpc) is 3.54. The number of anilines is 3. The molecular formula is C29H31ClFN5O4. The first-order valence-corrected chi connectivity index (χ1v) is 14.0. The lowest BCUT2D eigenvalue weighted by Gasteiger charge is -2.33. The molecule has 3 aromatic rings. The summed E-state index contributed by atoms with van der Waals surface area (Å²) in [7, 11) is 0. The van der Waals surface area contributed by atoms with Crippen LogP contribution < -0.4 is 15.4 Å². The van der Waals surface area contributed by atoms with Gasteiger partial charge in [0.25, 0.3) is 0 Å². The minimum Gasteiger partial charge on any atom is -0.489 e. The van der Waals surface area contributed by atoms with Crippen LogP contribution >= 0.6 is 11.6 Å². The first kappa shape index (κ1) is 26.9. The number of fused-ring (bicyclic) bond motifs is 3. The van der Waals surface area contributed by atoms with Crippen molar-refractivity contribution in [3.05, 3.63) is 59.7 Å². The zero-order valence-electron chi connectivity index (χ0n) is 21.9. The maximum atomic E-state index is 13.7. The molecule has 9 nitrogen and oxygen atoms in total. The van der Waals surface area contributed by atoms with Crippen LogP contribution in [-0.4, -0.2) is 71.9 Å². The van der Waals surface area contributed by atoms with Crippen molar-refractivity contribution in [1.29, 1.82) is 0 Å². The van der Waals surface area contributed by atoms with Gasteiger partial charge in [-0.3, -0.25) is 9.69 Å². The summed E-state index contributed by atoms with van der Waals surface area (Å²) in [5.74, 6) is 0.198.